The maximum Gasteiger partial charge on any atom is 0.274 e. The number of rotatable bonds is 7. The number of nitrogens with one attached hydrogen (secondary N) is 1. The minimum Gasteiger partial charge on any atom is -0.496 e. The number of pyridine rings is 2. The van der Waals surface area contributed by atoms with Crippen molar-refractivity contribution in [3.8, 4) is 17.0 Å². The summed E-state index contributed by atoms with van der Waals surface area (Å²) in [5.74, 6) is -1.35. The number of aromatic nitrogens is 2. The number of hydrogen-bond acceptors (Lipinski definition) is 7. The third-order valence-corrected chi connectivity index (χ3v) is 8.48. The van der Waals surface area contributed by atoms with Crippen LogP contribution >= 0.6 is 0 Å². The lowest BCUT2D eigenvalue weighted by atomic mass is 9.70. The molecule has 2 fully saturated rings. The van der Waals surface area contributed by atoms with Crippen molar-refractivity contribution in [1.29, 1.82) is 0 Å². The van der Waals surface area contributed by atoms with Gasteiger partial charge in [-0.15, -0.1) is 0 Å². The van der Waals surface area contributed by atoms with E-state index in [4.69, 9.17) is 9.47 Å². The molecule has 0 spiro atoms. The number of halogens is 2. The van der Waals surface area contributed by atoms with E-state index in [0.29, 0.717) is 50.0 Å². The number of ether oxygens (including phenoxy) is 2. The number of morpholine rings is 1. The molecule has 4 unspecified atom stereocenters. The van der Waals surface area contributed by atoms with Gasteiger partial charge in [0.15, 0.2) is 0 Å². The molecule has 1 aliphatic carbocycles. The predicted molar refractivity (Wildman–Crippen MR) is 152 cm³/mol. The van der Waals surface area contributed by atoms with E-state index >= 15 is 8.78 Å². The number of nitrogens with zero attached hydrogens (tertiary/aromatic N) is 3. The zero-order valence-electron chi connectivity index (χ0n) is 23.6. The molecule has 2 aliphatic rings. The zero-order valence-corrected chi connectivity index (χ0v) is 23.6. The van der Waals surface area contributed by atoms with Crippen molar-refractivity contribution in [2.45, 2.75) is 45.1 Å². The Hall–Kier alpha value is -3.63. The Morgan fingerprint density at radius 3 is 2.68 bits per heavy atom. The molecule has 1 aliphatic heterocycles. The molecule has 8 nitrogen and oxygen atoms in total. The van der Waals surface area contributed by atoms with Gasteiger partial charge < -0.3 is 24.8 Å². The number of methoxy groups -OCH3 is 1. The highest BCUT2D eigenvalue weighted by molar-refractivity contribution is 6.03. The van der Waals surface area contributed by atoms with E-state index in [1.807, 2.05) is 11.0 Å². The largest absolute Gasteiger partial charge is 0.496 e. The maximum atomic E-state index is 15.5. The van der Waals surface area contributed by atoms with Crippen molar-refractivity contribution in [1.82, 2.24) is 9.97 Å². The summed E-state index contributed by atoms with van der Waals surface area (Å²) in [5, 5.41) is 13.6. The summed E-state index contributed by atoms with van der Waals surface area (Å²) in [5.41, 5.74) is 1.42. The number of carbonyl (C=O) groups excluding carboxylic acids is 1. The summed E-state index contributed by atoms with van der Waals surface area (Å²) in [7, 11) is 1.38. The van der Waals surface area contributed by atoms with Crippen LogP contribution in [0.2, 0.25) is 0 Å². The predicted octanol–water partition coefficient (Wildman–Crippen LogP) is 5.42. The first-order valence-electron chi connectivity index (χ1n) is 14.1. The fourth-order valence-electron chi connectivity index (χ4n) is 6.05. The zero-order chi connectivity index (χ0) is 29.1. The maximum absolute atomic E-state index is 15.5. The molecule has 1 saturated heterocycles. The highest BCUT2D eigenvalue weighted by Crippen LogP contribution is 2.43. The van der Waals surface area contributed by atoms with E-state index < -0.39 is 23.6 Å². The van der Waals surface area contributed by atoms with E-state index in [-0.39, 0.29) is 34.5 Å². The molecule has 0 bridgehead atoms. The lowest BCUT2D eigenvalue weighted by Gasteiger charge is -2.38. The van der Waals surface area contributed by atoms with Crippen LogP contribution in [0.1, 0.15) is 55.1 Å². The number of aliphatic hydroxyl groups is 1. The second-order valence-corrected chi connectivity index (χ2v) is 10.8. The van der Waals surface area contributed by atoms with Crippen LogP contribution in [0.25, 0.3) is 11.3 Å². The van der Waals surface area contributed by atoms with Gasteiger partial charge in [0.1, 0.15) is 28.8 Å². The molecule has 4 atom stereocenters. The van der Waals surface area contributed by atoms with Gasteiger partial charge in [-0.25, -0.2) is 13.8 Å². The van der Waals surface area contributed by atoms with Gasteiger partial charge in [-0.3, -0.25) is 9.78 Å². The Morgan fingerprint density at radius 2 is 1.95 bits per heavy atom. The lowest BCUT2D eigenvalue weighted by Crippen LogP contribution is -2.36. The fraction of sp³-hybridized carbons (Fsp3) is 0.452. The smallest absolute Gasteiger partial charge is 0.274 e. The van der Waals surface area contributed by atoms with Crippen LogP contribution in [0.3, 0.4) is 0 Å². The molecular formula is C31H36F2N4O4. The Labute approximate surface area is 238 Å². The third-order valence-electron chi connectivity index (χ3n) is 8.48. The van der Waals surface area contributed by atoms with Crippen molar-refractivity contribution in [2.75, 3.05) is 43.6 Å². The molecule has 1 amide bonds. The van der Waals surface area contributed by atoms with Crippen LogP contribution in [0.15, 0.2) is 42.7 Å². The highest BCUT2D eigenvalue weighted by atomic mass is 19.1. The molecule has 2 aromatic heterocycles. The average Bonchev–Trinajstić information content (AvgIpc) is 2.99. The number of hydrogen-bond donors (Lipinski definition) is 2. The van der Waals surface area contributed by atoms with Crippen LogP contribution in [-0.4, -0.2) is 60.5 Å². The number of aliphatic hydroxyl groups excluding tert-OH is 1. The van der Waals surface area contributed by atoms with E-state index in [2.05, 4.69) is 29.1 Å². The van der Waals surface area contributed by atoms with Gasteiger partial charge in [-0.2, -0.15) is 0 Å². The summed E-state index contributed by atoms with van der Waals surface area (Å²) >= 11 is 0. The minimum atomic E-state index is -0.782. The van der Waals surface area contributed by atoms with Crippen LogP contribution in [-0.2, 0) is 4.74 Å². The van der Waals surface area contributed by atoms with Crippen LogP contribution < -0.4 is 15.0 Å². The van der Waals surface area contributed by atoms with Crippen molar-refractivity contribution < 1.29 is 28.2 Å². The first kappa shape index (κ1) is 28.9. The van der Waals surface area contributed by atoms with Crippen molar-refractivity contribution in [3.63, 3.8) is 0 Å². The summed E-state index contributed by atoms with van der Waals surface area (Å²) in [6.45, 7) is 6.44. The molecule has 3 heterocycles. The third kappa shape index (κ3) is 6.04. The molecule has 10 heteroatoms. The quantitative estimate of drug-likeness (QED) is 0.394. The molecule has 0 radical (unpaired) electrons. The fourth-order valence-corrected chi connectivity index (χ4v) is 6.05. The van der Waals surface area contributed by atoms with E-state index in [1.54, 1.807) is 18.5 Å². The van der Waals surface area contributed by atoms with E-state index in [1.165, 1.54) is 19.2 Å². The minimum absolute atomic E-state index is 0.0459. The number of anilines is 2. The van der Waals surface area contributed by atoms with Crippen LogP contribution in [0, 0.1) is 23.5 Å². The Bertz CT molecular complexity index is 1400. The second-order valence-electron chi connectivity index (χ2n) is 10.8. The Balaban J connectivity index is 1.43. The lowest BCUT2D eigenvalue weighted by molar-refractivity contribution is 0.0311. The standard InChI is InChI=1S/C31H36F2N4O4/c1-4-19-13-20(14-27(38)18(19)2)22-7-8-34-17-26(22)36-31(39)25-6-5-23(32)30(35-25)29-24(33)15-21(16-28(29)40-3)37-9-11-41-12-10-37/h5-8,15-20,27,38H,4,9-14H2,1-3H3,(H,36,39). The molecule has 1 aromatic carbocycles. The Kier molecular flexibility index (Phi) is 8.79. The van der Waals surface area contributed by atoms with Crippen molar-refractivity contribution in [3.05, 3.63) is 65.6 Å². The van der Waals surface area contributed by atoms with Gasteiger partial charge in [-0.1, -0.05) is 20.3 Å². The SMILES string of the molecule is CCC1CC(c2ccncc2NC(=O)c2ccc(F)c(-c3c(F)cc(N4CCOCC4)cc3OC)n2)CC(O)C1C. The number of amides is 1. The van der Waals surface area contributed by atoms with Gasteiger partial charge in [0.05, 0.1) is 43.9 Å². The molecule has 5 rings (SSSR count). The van der Waals surface area contributed by atoms with Crippen molar-refractivity contribution >= 4 is 17.3 Å². The van der Waals surface area contributed by atoms with Gasteiger partial charge in [0, 0.05) is 31.0 Å². The van der Waals surface area contributed by atoms with Gasteiger partial charge >= 0.3 is 0 Å². The van der Waals surface area contributed by atoms with Crippen molar-refractivity contribution in [2.24, 2.45) is 11.8 Å². The Morgan fingerprint density at radius 1 is 1.17 bits per heavy atom. The van der Waals surface area contributed by atoms with Gasteiger partial charge in [-0.05, 0) is 60.4 Å². The van der Waals surface area contributed by atoms with Gasteiger partial charge in [0.25, 0.3) is 5.91 Å². The van der Waals surface area contributed by atoms with Gasteiger partial charge in [0.2, 0.25) is 0 Å². The monoisotopic (exact) mass is 566 g/mol. The second kappa shape index (κ2) is 12.5. The highest BCUT2D eigenvalue weighted by Gasteiger charge is 2.35. The molecule has 2 N–H and O–H groups in total. The number of benzene rings is 1. The molecule has 3 aromatic rings. The first-order chi connectivity index (χ1) is 19.8. The topological polar surface area (TPSA) is 96.8 Å². The molecule has 1 saturated carbocycles. The summed E-state index contributed by atoms with van der Waals surface area (Å²) < 4.78 is 41.4. The molecule has 41 heavy (non-hydrogen) atoms. The summed E-state index contributed by atoms with van der Waals surface area (Å²) in [4.78, 5) is 23.8. The average molecular weight is 567 g/mol. The first-order valence-corrected chi connectivity index (χ1v) is 14.1. The molecular weight excluding hydrogens is 530 g/mol. The van der Waals surface area contributed by atoms with E-state index in [9.17, 15) is 9.90 Å². The van der Waals surface area contributed by atoms with Crippen LogP contribution in [0.4, 0.5) is 20.2 Å². The van der Waals surface area contributed by atoms with E-state index in [0.717, 1.165) is 24.5 Å². The summed E-state index contributed by atoms with van der Waals surface area (Å²) in [6.07, 6.45) is 5.23. The number of carbonyl (C=O) groups is 1. The normalized spacial score (nSPS) is 22.8. The molecule has 218 valence electrons. The summed E-state index contributed by atoms with van der Waals surface area (Å²) in [6, 6.07) is 7.18. The van der Waals surface area contributed by atoms with Crippen LogP contribution in [0.5, 0.6) is 5.75 Å².